The van der Waals surface area contributed by atoms with Crippen molar-refractivity contribution in [3.05, 3.63) is 76.0 Å². The Kier molecular flexibility index (Phi) is 5.03. The summed E-state index contributed by atoms with van der Waals surface area (Å²) in [5.41, 5.74) is 1.45. The summed E-state index contributed by atoms with van der Waals surface area (Å²) in [5.74, 6) is -0.224. The Morgan fingerprint density at radius 3 is 2.50 bits per heavy atom. The zero-order chi connectivity index (χ0) is 16.9. The van der Waals surface area contributed by atoms with Gasteiger partial charge in [0.1, 0.15) is 6.61 Å². The van der Waals surface area contributed by atoms with Crippen molar-refractivity contribution in [2.45, 2.75) is 6.61 Å². The monoisotopic (exact) mass is 362 g/mol. The number of aromatic nitrogens is 1. The third kappa shape index (κ3) is 4.28. The summed E-state index contributed by atoms with van der Waals surface area (Å²) in [6, 6.07) is 15.8. The van der Waals surface area contributed by atoms with Crippen molar-refractivity contribution in [2.24, 2.45) is 0 Å². The number of nitrogens with zero attached hydrogens (tertiary/aromatic N) is 1. The Morgan fingerprint density at radius 2 is 1.79 bits per heavy atom. The Morgan fingerprint density at radius 1 is 1.08 bits per heavy atom. The fourth-order valence-corrected chi connectivity index (χ4v) is 2.51. The highest BCUT2D eigenvalue weighted by Gasteiger charge is 2.14. The van der Waals surface area contributed by atoms with Crippen molar-refractivity contribution in [3.8, 4) is 5.88 Å². The van der Waals surface area contributed by atoms with Crippen LogP contribution in [0.15, 0.2) is 59.1 Å². The minimum atomic E-state index is -0.476. The van der Waals surface area contributed by atoms with Crippen molar-refractivity contribution in [2.75, 3.05) is 5.32 Å². The van der Waals surface area contributed by atoms with Gasteiger partial charge in [0.2, 0.25) is 5.76 Å². The predicted molar refractivity (Wildman–Crippen MR) is 91.7 cm³/mol. The lowest BCUT2D eigenvalue weighted by Crippen LogP contribution is -2.10. The van der Waals surface area contributed by atoms with Crippen molar-refractivity contribution >= 4 is 34.8 Å². The van der Waals surface area contributed by atoms with Crippen LogP contribution in [0.25, 0.3) is 0 Å². The van der Waals surface area contributed by atoms with Crippen LogP contribution in [0.4, 0.5) is 5.69 Å². The van der Waals surface area contributed by atoms with E-state index >= 15 is 0 Å². The van der Waals surface area contributed by atoms with Crippen LogP contribution < -0.4 is 10.1 Å². The Balaban J connectivity index is 1.63. The Bertz CT molecular complexity index is 830. The molecule has 1 amide bonds. The SMILES string of the molecule is O=C(Nc1cc(Cl)cc(Cl)c1)c1cc(OCc2ccccc2)no1. The van der Waals surface area contributed by atoms with Crippen LogP contribution in [0.2, 0.25) is 10.0 Å². The first-order valence-corrected chi connectivity index (χ1v) is 7.76. The zero-order valence-electron chi connectivity index (χ0n) is 12.3. The van der Waals surface area contributed by atoms with Crippen LogP contribution >= 0.6 is 23.2 Å². The highest BCUT2D eigenvalue weighted by atomic mass is 35.5. The minimum Gasteiger partial charge on any atom is -0.471 e. The third-order valence-corrected chi connectivity index (χ3v) is 3.50. The molecule has 0 aliphatic heterocycles. The number of ether oxygens (including phenoxy) is 1. The van der Waals surface area contributed by atoms with E-state index in [1.807, 2.05) is 30.3 Å². The second kappa shape index (κ2) is 7.38. The van der Waals surface area contributed by atoms with Crippen molar-refractivity contribution in [1.29, 1.82) is 0 Å². The maximum absolute atomic E-state index is 12.1. The van der Waals surface area contributed by atoms with Gasteiger partial charge in [-0.15, -0.1) is 0 Å². The molecule has 2 aromatic carbocycles. The number of nitrogens with one attached hydrogen (secondary N) is 1. The van der Waals surface area contributed by atoms with E-state index in [0.29, 0.717) is 22.3 Å². The van der Waals surface area contributed by atoms with E-state index in [2.05, 4.69) is 10.5 Å². The lowest BCUT2D eigenvalue weighted by Gasteiger charge is -2.03. The van der Waals surface area contributed by atoms with Crippen LogP contribution in [0, 0.1) is 0 Å². The van der Waals surface area contributed by atoms with Gasteiger partial charge in [0.05, 0.1) is 6.07 Å². The highest BCUT2D eigenvalue weighted by molar-refractivity contribution is 6.35. The average Bonchev–Trinajstić information content (AvgIpc) is 3.02. The summed E-state index contributed by atoms with van der Waals surface area (Å²) in [7, 11) is 0. The molecule has 0 unspecified atom stereocenters. The van der Waals surface area contributed by atoms with E-state index < -0.39 is 5.91 Å². The van der Waals surface area contributed by atoms with E-state index in [-0.39, 0.29) is 11.6 Å². The van der Waals surface area contributed by atoms with Crippen molar-refractivity contribution in [3.63, 3.8) is 0 Å². The lowest BCUT2D eigenvalue weighted by atomic mass is 10.2. The fourth-order valence-electron chi connectivity index (χ4n) is 1.98. The predicted octanol–water partition coefficient (Wildman–Crippen LogP) is 4.81. The first-order chi connectivity index (χ1) is 11.6. The van der Waals surface area contributed by atoms with Gasteiger partial charge in [-0.3, -0.25) is 4.79 Å². The molecule has 0 atom stereocenters. The molecule has 0 aliphatic rings. The average molecular weight is 363 g/mol. The summed E-state index contributed by atoms with van der Waals surface area (Å²) in [4.78, 5) is 12.1. The van der Waals surface area contributed by atoms with Crippen LogP contribution in [0.1, 0.15) is 16.1 Å². The second-order valence-corrected chi connectivity index (χ2v) is 5.79. The van der Waals surface area contributed by atoms with Crippen molar-refractivity contribution < 1.29 is 14.1 Å². The number of amides is 1. The number of carbonyl (C=O) groups is 1. The summed E-state index contributed by atoms with van der Waals surface area (Å²) >= 11 is 11.8. The summed E-state index contributed by atoms with van der Waals surface area (Å²) in [6.07, 6.45) is 0. The standard InChI is InChI=1S/C17H12Cl2N2O3/c18-12-6-13(19)8-14(7-12)20-17(22)15-9-16(21-24-15)23-10-11-4-2-1-3-5-11/h1-9H,10H2,(H,20,22). The topological polar surface area (TPSA) is 64.4 Å². The van der Waals surface area contributed by atoms with E-state index in [4.69, 9.17) is 32.5 Å². The van der Waals surface area contributed by atoms with Crippen LogP contribution in [-0.2, 0) is 6.61 Å². The molecule has 0 fully saturated rings. The van der Waals surface area contributed by atoms with Gasteiger partial charge in [-0.1, -0.05) is 53.5 Å². The first kappa shape index (κ1) is 16.4. The molecule has 0 spiro atoms. The van der Waals surface area contributed by atoms with Gasteiger partial charge in [-0.05, 0) is 28.9 Å². The summed E-state index contributed by atoms with van der Waals surface area (Å²) in [5, 5.41) is 7.19. The van der Waals surface area contributed by atoms with E-state index in [1.54, 1.807) is 18.2 Å². The molecule has 3 rings (SSSR count). The summed E-state index contributed by atoms with van der Waals surface area (Å²) in [6.45, 7) is 0.332. The van der Waals surface area contributed by atoms with E-state index in [0.717, 1.165) is 5.56 Å². The van der Waals surface area contributed by atoms with Crippen LogP contribution in [-0.4, -0.2) is 11.1 Å². The molecule has 122 valence electrons. The molecule has 7 heteroatoms. The van der Waals surface area contributed by atoms with E-state index in [1.165, 1.54) is 6.07 Å². The molecular formula is C17H12Cl2N2O3. The van der Waals surface area contributed by atoms with Gasteiger partial charge in [-0.2, -0.15) is 0 Å². The van der Waals surface area contributed by atoms with Crippen LogP contribution in [0.3, 0.4) is 0 Å². The zero-order valence-corrected chi connectivity index (χ0v) is 13.8. The Labute approximate surface area is 148 Å². The molecule has 0 radical (unpaired) electrons. The van der Waals surface area contributed by atoms with Gasteiger partial charge < -0.3 is 14.6 Å². The van der Waals surface area contributed by atoms with Crippen LogP contribution in [0.5, 0.6) is 5.88 Å². The number of hydrogen-bond donors (Lipinski definition) is 1. The van der Waals surface area contributed by atoms with Gasteiger partial charge >= 0.3 is 0 Å². The number of hydrogen-bond acceptors (Lipinski definition) is 4. The number of rotatable bonds is 5. The first-order valence-electron chi connectivity index (χ1n) is 7.01. The molecule has 3 aromatic rings. The van der Waals surface area contributed by atoms with Crippen molar-refractivity contribution in [1.82, 2.24) is 5.16 Å². The van der Waals surface area contributed by atoms with Gasteiger partial charge in [-0.25, -0.2) is 0 Å². The molecule has 1 aromatic heterocycles. The smallest absolute Gasteiger partial charge is 0.294 e. The number of carbonyl (C=O) groups excluding carboxylic acids is 1. The van der Waals surface area contributed by atoms with E-state index in [9.17, 15) is 4.79 Å². The van der Waals surface area contributed by atoms with Gasteiger partial charge in [0.25, 0.3) is 11.8 Å². The Hall–Kier alpha value is -2.50. The molecule has 1 N–H and O–H groups in total. The molecule has 5 nitrogen and oxygen atoms in total. The molecule has 0 saturated carbocycles. The lowest BCUT2D eigenvalue weighted by molar-refractivity contribution is 0.0987. The number of anilines is 1. The minimum absolute atomic E-state index is 0.0224. The van der Waals surface area contributed by atoms with Gasteiger partial charge in [0.15, 0.2) is 0 Å². The molecule has 0 aliphatic carbocycles. The molecule has 0 saturated heterocycles. The normalized spacial score (nSPS) is 10.4. The third-order valence-electron chi connectivity index (χ3n) is 3.06. The fraction of sp³-hybridized carbons (Fsp3) is 0.0588. The quantitative estimate of drug-likeness (QED) is 0.706. The molecular weight excluding hydrogens is 351 g/mol. The maximum Gasteiger partial charge on any atom is 0.294 e. The number of benzene rings is 2. The summed E-state index contributed by atoms with van der Waals surface area (Å²) < 4.78 is 10.5. The maximum atomic E-state index is 12.1. The van der Waals surface area contributed by atoms with Gasteiger partial charge in [0, 0.05) is 15.7 Å². The highest BCUT2D eigenvalue weighted by Crippen LogP contribution is 2.23. The number of halogens is 2. The molecule has 1 heterocycles. The molecule has 0 bridgehead atoms. The largest absolute Gasteiger partial charge is 0.471 e. The second-order valence-electron chi connectivity index (χ2n) is 4.92. The molecule has 24 heavy (non-hydrogen) atoms.